The molecule has 0 radical (unpaired) electrons. The van der Waals surface area contributed by atoms with E-state index in [1.807, 2.05) is 30.3 Å². The summed E-state index contributed by atoms with van der Waals surface area (Å²) < 4.78 is 17.1. The molecule has 0 aliphatic heterocycles. The number of carbonyl (C=O) groups is 2. The van der Waals surface area contributed by atoms with Gasteiger partial charge in [-0.2, -0.15) is 0 Å². The molecule has 0 unspecified atom stereocenters. The Hall–Kier alpha value is -1.88. The van der Waals surface area contributed by atoms with Crippen LogP contribution in [0.15, 0.2) is 30.3 Å². The maximum atomic E-state index is 12.6. The Bertz CT molecular complexity index is 810. The van der Waals surface area contributed by atoms with Crippen LogP contribution in [0, 0.1) is 0 Å². The van der Waals surface area contributed by atoms with Crippen LogP contribution in [0.3, 0.4) is 0 Å². The highest BCUT2D eigenvalue weighted by molar-refractivity contribution is 5.70. The van der Waals surface area contributed by atoms with Crippen molar-refractivity contribution in [1.82, 2.24) is 0 Å². The molecule has 0 aromatic heterocycles. The third-order valence-corrected chi connectivity index (χ3v) is 9.11. The third-order valence-electron chi connectivity index (χ3n) is 9.11. The van der Waals surface area contributed by atoms with Gasteiger partial charge in [-0.3, -0.25) is 9.59 Å². The Morgan fingerprint density at radius 1 is 0.489 bits per heavy atom. The number of esters is 2. The van der Waals surface area contributed by atoms with Gasteiger partial charge in [0, 0.05) is 12.8 Å². The first kappa shape index (κ1) is 43.1. The molecule has 0 amide bonds. The first-order valence-electron chi connectivity index (χ1n) is 20.1. The van der Waals surface area contributed by atoms with E-state index in [0.29, 0.717) is 19.4 Å². The van der Waals surface area contributed by atoms with Crippen molar-refractivity contribution in [3.63, 3.8) is 0 Å². The lowest BCUT2D eigenvalue weighted by molar-refractivity contribution is -0.163. The van der Waals surface area contributed by atoms with Crippen molar-refractivity contribution in [2.45, 2.75) is 206 Å². The summed E-state index contributed by atoms with van der Waals surface area (Å²) in [6.07, 6.45) is 33.4. The number of ether oxygens (including phenoxy) is 3. The largest absolute Gasteiger partial charge is 0.462 e. The van der Waals surface area contributed by atoms with Crippen molar-refractivity contribution in [2.24, 2.45) is 0 Å². The lowest BCUT2D eigenvalue weighted by Gasteiger charge is -2.18. The summed E-state index contributed by atoms with van der Waals surface area (Å²) in [6.45, 7) is 5.23. The molecule has 0 spiro atoms. The van der Waals surface area contributed by atoms with Gasteiger partial charge >= 0.3 is 11.9 Å². The highest BCUT2D eigenvalue weighted by Gasteiger charge is 2.17. The lowest BCUT2D eigenvalue weighted by Crippen LogP contribution is -2.29. The fourth-order valence-corrected chi connectivity index (χ4v) is 6.08. The minimum Gasteiger partial charge on any atom is -0.462 e. The molecule has 5 heteroatoms. The topological polar surface area (TPSA) is 61.8 Å². The summed E-state index contributed by atoms with van der Waals surface area (Å²) >= 11 is 0. The molecular formula is C42H74O5. The molecule has 1 aromatic carbocycles. The second kappa shape index (κ2) is 34.0. The zero-order valence-electron chi connectivity index (χ0n) is 30.9. The zero-order valence-corrected chi connectivity index (χ0v) is 30.9. The molecule has 1 rings (SSSR count). The molecule has 0 heterocycles. The SMILES string of the molecule is CCCCCCCCCCCCCCCC(=O)OC[C@@H](COCc1ccccc1)OC(=O)CCCCCCCCCCCCCCC. The van der Waals surface area contributed by atoms with Gasteiger partial charge in [0.1, 0.15) is 6.61 Å². The molecule has 47 heavy (non-hydrogen) atoms. The van der Waals surface area contributed by atoms with Crippen molar-refractivity contribution in [2.75, 3.05) is 13.2 Å². The molecule has 0 fully saturated rings. The molecule has 1 atom stereocenters. The maximum Gasteiger partial charge on any atom is 0.306 e. The van der Waals surface area contributed by atoms with Crippen LogP contribution in [-0.4, -0.2) is 31.3 Å². The Kier molecular flexibility index (Phi) is 31.2. The molecule has 1 aromatic rings. The molecule has 0 aliphatic rings. The van der Waals surface area contributed by atoms with Crippen LogP contribution in [0.1, 0.15) is 199 Å². The molecular weight excluding hydrogens is 584 g/mol. The zero-order chi connectivity index (χ0) is 33.9. The smallest absolute Gasteiger partial charge is 0.306 e. The third kappa shape index (κ3) is 30.0. The summed E-state index contributed by atoms with van der Waals surface area (Å²) in [7, 11) is 0. The average Bonchev–Trinajstić information content (AvgIpc) is 3.08. The van der Waals surface area contributed by atoms with Crippen molar-refractivity contribution in [3.8, 4) is 0 Å². The molecule has 0 N–H and O–H groups in total. The van der Waals surface area contributed by atoms with E-state index < -0.39 is 6.10 Å². The second-order valence-corrected chi connectivity index (χ2v) is 13.8. The summed E-state index contributed by atoms with van der Waals surface area (Å²) in [4.78, 5) is 25.1. The number of carbonyl (C=O) groups excluding carboxylic acids is 2. The van der Waals surface area contributed by atoms with Crippen LogP contribution in [0.25, 0.3) is 0 Å². The van der Waals surface area contributed by atoms with Gasteiger partial charge in [0.2, 0.25) is 0 Å². The van der Waals surface area contributed by atoms with Gasteiger partial charge in [-0.05, 0) is 18.4 Å². The minimum atomic E-state index is -0.580. The first-order valence-corrected chi connectivity index (χ1v) is 20.1. The average molecular weight is 659 g/mol. The van der Waals surface area contributed by atoms with Crippen molar-refractivity contribution in [3.05, 3.63) is 35.9 Å². The minimum absolute atomic E-state index is 0.0520. The van der Waals surface area contributed by atoms with E-state index in [1.165, 1.54) is 141 Å². The fourth-order valence-electron chi connectivity index (χ4n) is 6.08. The van der Waals surface area contributed by atoms with Gasteiger partial charge in [0.15, 0.2) is 6.10 Å². The van der Waals surface area contributed by atoms with Crippen LogP contribution < -0.4 is 0 Å². The standard InChI is InChI=1S/C42H74O5/c1-3-5-7-9-11-13-15-17-19-21-23-25-30-34-41(43)46-38-40(37-45-36-39-32-28-27-29-33-39)47-42(44)35-31-26-24-22-20-18-16-14-12-10-8-6-4-2/h27-29,32-33,40H,3-26,30-31,34-38H2,1-2H3/t40-/m1/s1. The van der Waals surface area contributed by atoms with Crippen molar-refractivity contribution in [1.29, 1.82) is 0 Å². The van der Waals surface area contributed by atoms with Crippen molar-refractivity contribution < 1.29 is 23.8 Å². The summed E-state index contributed by atoms with van der Waals surface area (Å²) in [5.74, 6) is -0.442. The van der Waals surface area contributed by atoms with E-state index in [1.54, 1.807) is 0 Å². The highest BCUT2D eigenvalue weighted by atomic mass is 16.6. The molecule has 272 valence electrons. The number of benzene rings is 1. The Morgan fingerprint density at radius 3 is 1.30 bits per heavy atom. The summed E-state index contributed by atoms with van der Waals surface area (Å²) in [6, 6.07) is 9.94. The Balaban J connectivity index is 2.17. The van der Waals surface area contributed by atoms with Crippen molar-refractivity contribution >= 4 is 11.9 Å². The predicted octanol–water partition coefficient (Wildman–Crippen LogP) is 12.6. The van der Waals surface area contributed by atoms with E-state index in [0.717, 1.165) is 31.2 Å². The summed E-state index contributed by atoms with van der Waals surface area (Å²) in [5, 5.41) is 0. The van der Waals surface area contributed by atoms with Crippen LogP contribution in [0.4, 0.5) is 0 Å². The molecule has 0 saturated heterocycles. The monoisotopic (exact) mass is 659 g/mol. The van der Waals surface area contributed by atoms with Gasteiger partial charge in [-0.15, -0.1) is 0 Å². The maximum absolute atomic E-state index is 12.6. The molecule has 0 saturated carbocycles. The lowest BCUT2D eigenvalue weighted by atomic mass is 10.0. The van der Waals surface area contributed by atoms with E-state index in [-0.39, 0.29) is 25.2 Å². The van der Waals surface area contributed by atoms with Gasteiger partial charge in [0.05, 0.1) is 13.2 Å². The van der Waals surface area contributed by atoms with Gasteiger partial charge in [0.25, 0.3) is 0 Å². The van der Waals surface area contributed by atoms with E-state index in [4.69, 9.17) is 14.2 Å². The number of hydrogen-bond donors (Lipinski definition) is 0. The Labute approximate surface area is 290 Å². The van der Waals surface area contributed by atoms with Crippen LogP contribution >= 0.6 is 0 Å². The van der Waals surface area contributed by atoms with Crippen LogP contribution in [0.5, 0.6) is 0 Å². The van der Waals surface area contributed by atoms with Gasteiger partial charge < -0.3 is 14.2 Å². The predicted molar refractivity (Wildman–Crippen MR) is 198 cm³/mol. The van der Waals surface area contributed by atoms with Crippen LogP contribution in [-0.2, 0) is 30.4 Å². The molecule has 0 aliphatic carbocycles. The van der Waals surface area contributed by atoms with Crippen LogP contribution in [0.2, 0.25) is 0 Å². The van der Waals surface area contributed by atoms with Gasteiger partial charge in [-0.25, -0.2) is 0 Å². The quantitative estimate of drug-likeness (QED) is 0.0536. The van der Waals surface area contributed by atoms with Gasteiger partial charge in [-0.1, -0.05) is 198 Å². The number of rotatable bonds is 35. The van der Waals surface area contributed by atoms with E-state index in [9.17, 15) is 9.59 Å². The first-order chi connectivity index (χ1) is 23.2. The number of hydrogen-bond acceptors (Lipinski definition) is 5. The highest BCUT2D eigenvalue weighted by Crippen LogP contribution is 2.15. The van der Waals surface area contributed by atoms with E-state index in [2.05, 4.69) is 13.8 Å². The Morgan fingerprint density at radius 2 is 0.872 bits per heavy atom. The normalized spacial score (nSPS) is 11.9. The number of unbranched alkanes of at least 4 members (excludes halogenated alkanes) is 24. The fraction of sp³-hybridized carbons (Fsp3) is 0.810. The summed E-state index contributed by atoms with van der Waals surface area (Å²) in [5.41, 5.74) is 1.06. The molecule has 5 nitrogen and oxygen atoms in total. The molecule has 0 bridgehead atoms. The second-order valence-electron chi connectivity index (χ2n) is 13.8. The van der Waals surface area contributed by atoms with E-state index >= 15 is 0 Å².